The molecule has 1 unspecified atom stereocenters. The zero-order valence-corrected chi connectivity index (χ0v) is 11.1. The lowest BCUT2D eigenvalue weighted by molar-refractivity contribution is -0.0425. The van der Waals surface area contributed by atoms with Gasteiger partial charge in [0.2, 0.25) is 0 Å². The molecule has 0 spiro atoms. The van der Waals surface area contributed by atoms with Crippen LogP contribution in [-0.4, -0.2) is 21.5 Å². The van der Waals surface area contributed by atoms with Crippen LogP contribution in [0.15, 0.2) is 30.3 Å². The van der Waals surface area contributed by atoms with E-state index in [1.807, 2.05) is 0 Å². The summed E-state index contributed by atoms with van der Waals surface area (Å²) in [6.07, 6.45) is 2.83. The lowest BCUT2D eigenvalue weighted by Crippen LogP contribution is -2.21. The van der Waals surface area contributed by atoms with Crippen molar-refractivity contribution in [3.05, 3.63) is 41.8 Å². The second-order valence-electron chi connectivity index (χ2n) is 4.92. The Bertz CT molecular complexity index is 591. The zero-order valence-electron chi connectivity index (χ0n) is 11.1. The van der Waals surface area contributed by atoms with Gasteiger partial charge in [-0.25, -0.2) is 9.07 Å². The molecule has 3 rings (SSSR count). The standard InChI is InChI=1S/C15H17FN2O2/c16-13-6-2-1-5-12(13)14-9-11(10-19)18(17-14)15-7-3-4-8-20-15/h1-2,5-6,9,15,19H,3-4,7-8,10H2. The van der Waals surface area contributed by atoms with Gasteiger partial charge in [0.15, 0.2) is 6.23 Å². The van der Waals surface area contributed by atoms with Gasteiger partial charge >= 0.3 is 0 Å². The summed E-state index contributed by atoms with van der Waals surface area (Å²) < 4.78 is 21.2. The highest BCUT2D eigenvalue weighted by Crippen LogP contribution is 2.28. The minimum atomic E-state index is -0.314. The van der Waals surface area contributed by atoms with E-state index in [1.165, 1.54) is 6.07 Å². The second kappa shape index (κ2) is 5.73. The maximum atomic E-state index is 13.8. The molecule has 0 bridgehead atoms. The van der Waals surface area contributed by atoms with Crippen LogP contribution < -0.4 is 0 Å². The zero-order chi connectivity index (χ0) is 13.9. The maximum absolute atomic E-state index is 13.8. The molecule has 0 radical (unpaired) electrons. The highest BCUT2D eigenvalue weighted by molar-refractivity contribution is 5.60. The van der Waals surface area contributed by atoms with Crippen molar-refractivity contribution < 1.29 is 14.2 Å². The van der Waals surface area contributed by atoms with Crippen LogP contribution in [0.3, 0.4) is 0 Å². The molecule has 2 heterocycles. The molecule has 1 aromatic carbocycles. The molecule has 4 nitrogen and oxygen atoms in total. The fraction of sp³-hybridized carbons (Fsp3) is 0.400. The SMILES string of the molecule is OCc1cc(-c2ccccc2F)nn1C1CCCCO1. The van der Waals surface area contributed by atoms with Gasteiger partial charge in [0.1, 0.15) is 5.82 Å². The van der Waals surface area contributed by atoms with Crippen molar-refractivity contribution in [2.24, 2.45) is 0 Å². The van der Waals surface area contributed by atoms with Crippen molar-refractivity contribution in [3.8, 4) is 11.3 Å². The number of aliphatic hydroxyl groups excluding tert-OH is 1. The number of aromatic nitrogens is 2. The van der Waals surface area contributed by atoms with Gasteiger partial charge in [0.25, 0.3) is 0 Å². The van der Waals surface area contributed by atoms with Crippen LogP contribution in [0.25, 0.3) is 11.3 Å². The van der Waals surface area contributed by atoms with Crippen molar-refractivity contribution in [2.75, 3.05) is 6.61 Å². The molecule has 1 aliphatic rings. The van der Waals surface area contributed by atoms with E-state index in [-0.39, 0.29) is 18.7 Å². The Morgan fingerprint density at radius 2 is 2.20 bits per heavy atom. The maximum Gasteiger partial charge on any atom is 0.150 e. The lowest BCUT2D eigenvalue weighted by Gasteiger charge is -2.24. The molecule has 0 saturated carbocycles. The smallest absolute Gasteiger partial charge is 0.150 e. The fourth-order valence-electron chi connectivity index (χ4n) is 2.52. The van der Waals surface area contributed by atoms with Gasteiger partial charge in [-0.2, -0.15) is 5.10 Å². The summed E-state index contributed by atoms with van der Waals surface area (Å²) in [5.41, 5.74) is 1.62. The van der Waals surface area contributed by atoms with Crippen LogP contribution in [0.5, 0.6) is 0 Å². The lowest BCUT2D eigenvalue weighted by atomic mass is 10.1. The monoisotopic (exact) mass is 276 g/mol. The molecule has 1 N–H and O–H groups in total. The fourth-order valence-corrected chi connectivity index (χ4v) is 2.52. The summed E-state index contributed by atoms with van der Waals surface area (Å²) in [5.74, 6) is -0.314. The Kier molecular flexibility index (Phi) is 3.80. The van der Waals surface area contributed by atoms with Crippen molar-refractivity contribution in [3.63, 3.8) is 0 Å². The molecule has 1 aliphatic heterocycles. The number of aliphatic hydroxyl groups is 1. The third-order valence-electron chi connectivity index (χ3n) is 3.55. The molecule has 1 atom stereocenters. The van der Waals surface area contributed by atoms with Gasteiger partial charge in [0, 0.05) is 12.2 Å². The molecular weight excluding hydrogens is 259 g/mol. The van der Waals surface area contributed by atoms with E-state index in [4.69, 9.17) is 4.74 Å². The van der Waals surface area contributed by atoms with E-state index in [9.17, 15) is 9.50 Å². The van der Waals surface area contributed by atoms with E-state index in [0.717, 1.165) is 19.3 Å². The first-order valence-corrected chi connectivity index (χ1v) is 6.85. The average molecular weight is 276 g/mol. The van der Waals surface area contributed by atoms with Crippen LogP contribution in [0, 0.1) is 5.82 Å². The minimum absolute atomic E-state index is 0.138. The molecule has 0 aliphatic carbocycles. The summed E-state index contributed by atoms with van der Waals surface area (Å²) in [6, 6.07) is 8.23. The van der Waals surface area contributed by atoms with Gasteiger partial charge in [-0.05, 0) is 37.5 Å². The summed E-state index contributed by atoms with van der Waals surface area (Å²) in [7, 11) is 0. The number of halogens is 1. The predicted octanol–water partition coefficient (Wildman–Crippen LogP) is 2.88. The first-order valence-electron chi connectivity index (χ1n) is 6.85. The summed E-state index contributed by atoms with van der Waals surface area (Å²) >= 11 is 0. The molecule has 106 valence electrons. The summed E-state index contributed by atoms with van der Waals surface area (Å²) in [6.45, 7) is 0.561. The van der Waals surface area contributed by atoms with E-state index in [0.29, 0.717) is 23.6 Å². The normalized spacial score (nSPS) is 19.2. The van der Waals surface area contributed by atoms with E-state index in [2.05, 4.69) is 5.10 Å². The topological polar surface area (TPSA) is 47.3 Å². The summed E-state index contributed by atoms with van der Waals surface area (Å²) in [4.78, 5) is 0. The van der Waals surface area contributed by atoms with E-state index in [1.54, 1.807) is 28.9 Å². The third kappa shape index (κ3) is 2.46. The number of ether oxygens (including phenoxy) is 1. The van der Waals surface area contributed by atoms with Crippen LogP contribution in [0.1, 0.15) is 31.2 Å². The predicted molar refractivity (Wildman–Crippen MR) is 72.4 cm³/mol. The number of hydrogen-bond acceptors (Lipinski definition) is 3. The number of hydrogen-bond donors (Lipinski definition) is 1. The van der Waals surface area contributed by atoms with E-state index >= 15 is 0 Å². The van der Waals surface area contributed by atoms with Crippen LogP contribution in [0.2, 0.25) is 0 Å². The van der Waals surface area contributed by atoms with Gasteiger partial charge in [0.05, 0.1) is 18.0 Å². The van der Waals surface area contributed by atoms with Crippen LogP contribution in [0.4, 0.5) is 4.39 Å². The van der Waals surface area contributed by atoms with Crippen LogP contribution >= 0.6 is 0 Å². The second-order valence-corrected chi connectivity index (χ2v) is 4.92. The van der Waals surface area contributed by atoms with Crippen molar-refractivity contribution in [1.29, 1.82) is 0 Å². The van der Waals surface area contributed by atoms with Gasteiger partial charge in [-0.15, -0.1) is 0 Å². The number of rotatable bonds is 3. The summed E-state index contributed by atoms with van der Waals surface area (Å²) in [5, 5.41) is 13.9. The first kappa shape index (κ1) is 13.3. The van der Waals surface area contributed by atoms with Crippen molar-refractivity contribution in [1.82, 2.24) is 9.78 Å². The Labute approximate surface area is 116 Å². The first-order chi connectivity index (χ1) is 9.79. The minimum Gasteiger partial charge on any atom is -0.390 e. The molecule has 1 saturated heterocycles. The third-order valence-corrected chi connectivity index (χ3v) is 3.55. The largest absolute Gasteiger partial charge is 0.390 e. The molecule has 0 amide bonds. The Morgan fingerprint density at radius 1 is 1.35 bits per heavy atom. The molecular formula is C15H17FN2O2. The molecule has 2 aromatic rings. The van der Waals surface area contributed by atoms with Gasteiger partial charge in [-0.3, -0.25) is 0 Å². The molecule has 1 fully saturated rings. The Morgan fingerprint density at radius 3 is 2.90 bits per heavy atom. The number of benzene rings is 1. The van der Waals surface area contributed by atoms with Crippen molar-refractivity contribution in [2.45, 2.75) is 32.1 Å². The number of nitrogens with zero attached hydrogens (tertiary/aromatic N) is 2. The average Bonchev–Trinajstić information content (AvgIpc) is 2.92. The quantitative estimate of drug-likeness (QED) is 0.937. The Balaban J connectivity index is 1.98. The van der Waals surface area contributed by atoms with Gasteiger partial charge < -0.3 is 9.84 Å². The van der Waals surface area contributed by atoms with Crippen molar-refractivity contribution >= 4 is 0 Å². The molecule has 1 aromatic heterocycles. The Hall–Kier alpha value is -1.72. The van der Waals surface area contributed by atoms with Gasteiger partial charge in [-0.1, -0.05) is 12.1 Å². The highest BCUT2D eigenvalue weighted by Gasteiger charge is 2.21. The molecule has 20 heavy (non-hydrogen) atoms. The van der Waals surface area contributed by atoms with Crippen LogP contribution in [-0.2, 0) is 11.3 Å². The highest BCUT2D eigenvalue weighted by atomic mass is 19.1. The molecule has 5 heteroatoms. The van der Waals surface area contributed by atoms with E-state index < -0.39 is 0 Å².